The van der Waals surface area contributed by atoms with Crippen molar-refractivity contribution in [1.29, 1.82) is 0 Å². The van der Waals surface area contributed by atoms with Crippen LogP contribution in [0.2, 0.25) is 0 Å². The molecule has 5 heteroatoms. The first-order valence-corrected chi connectivity index (χ1v) is 14.7. The van der Waals surface area contributed by atoms with Gasteiger partial charge in [0, 0.05) is 16.7 Å². The Morgan fingerprint density at radius 3 is 2.02 bits per heavy atom. The Hall–Kier alpha value is -3.73. The highest BCUT2D eigenvalue weighted by Crippen LogP contribution is 2.73. The molecule has 7 rings (SSSR count). The zero-order valence-electron chi connectivity index (χ0n) is 23.8. The van der Waals surface area contributed by atoms with E-state index in [1.54, 1.807) is 24.3 Å². The molecule has 0 heterocycles. The van der Waals surface area contributed by atoms with Crippen molar-refractivity contribution in [2.45, 2.75) is 45.4 Å². The Balaban J connectivity index is 1.39. The van der Waals surface area contributed by atoms with Gasteiger partial charge in [-0.1, -0.05) is 69.5 Å². The quantitative estimate of drug-likeness (QED) is 0.282. The largest absolute Gasteiger partial charge is 0.461 e. The van der Waals surface area contributed by atoms with Crippen LogP contribution in [-0.2, 0) is 14.3 Å². The number of carbonyl (C=O) groups is 3. The zero-order chi connectivity index (χ0) is 29.0. The molecular weight excluding hydrogens is 512 g/mol. The van der Waals surface area contributed by atoms with E-state index in [9.17, 15) is 14.4 Å². The van der Waals surface area contributed by atoms with E-state index in [4.69, 9.17) is 9.47 Å². The van der Waals surface area contributed by atoms with Crippen LogP contribution in [0, 0.1) is 34.0 Å². The van der Waals surface area contributed by atoms with E-state index in [1.165, 1.54) is 0 Å². The normalized spacial score (nSPS) is 34.0. The van der Waals surface area contributed by atoms with Crippen LogP contribution in [0.3, 0.4) is 0 Å². The van der Waals surface area contributed by atoms with Gasteiger partial charge in [0.15, 0.2) is 5.78 Å². The third-order valence-electron chi connectivity index (χ3n) is 10.8. The molecule has 2 bridgehead atoms. The van der Waals surface area contributed by atoms with E-state index in [0.29, 0.717) is 16.7 Å². The van der Waals surface area contributed by atoms with E-state index in [0.717, 1.165) is 49.7 Å². The van der Waals surface area contributed by atoms with Crippen LogP contribution in [0.25, 0.3) is 0 Å². The first kappa shape index (κ1) is 27.4. The second-order valence-electron chi connectivity index (χ2n) is 12.9. The molecule has 0 amide bonds. The van der Waals surface area contributed by atoms with E-state index < -0.39 is 16.2 Å². The van der Waals surface area contributed by atoms with E-state index in [-0.39, 0.29) is 48.7 Å². The Kier molecular flexibility index (Phi) is 6.67. The van der Waals surface area contributed by atoms with Gasteiger partial charge in [0.1, 0.15) is 0 Å². The van der Waals surface area contributed by atoms with Gasteiger partial charge in [-0.3, -0.25) is 4.79 Å². The number of allylic oxidation sites excluding steroid dienone is 3. The van der Waals surface area contributed by atoms with Crippen molar-refractivity contribution in [3.63, 3.8) is 0 Å². The van der Waals surface area contributed by atoms with Crippen molar-refractivity contribution in [2.75, 3.05) is 13.2 Å². The third-order valence-corrected chi connectivity index (χ3v) is 10.8. The third kappa shape index (κ3) is 4.07. The summed E-state index contributed by atoms with van der Waals surface area (Å²) in [5.41, 5.74) is 1.51. The summed E-state index contributed by atoms with van der Waals surface area (Å²) in [5, 5.41) is 0. The molecule has 0 saturated heterocycles. The Morgan fingerprint density at radius 1 is 0.829 bits per heavy atom. The Labute approximate surface area is 242 Å². The van der Waals surface area contributed by atoms with Gasteiger partial charge in [-0.05, 0) is 84.9 Å². The van der Waals surface area contributed by atoms with E-state index in [2.05, 4.69) is 26.7 Å². The van der Waals surface area contributed by atoms with Gasteiger partial charge in [-0.15, -0.1) is 0 Å². The summed E-state index contributed by atoms with van der Waals surface area (Å²) in [7, 11) is 0. The fraction of sp³-hybridized carbons (Fsp3) is 0.417. The number of ether oxygens (including phenoxy) is 2. The molecule has 41 heavy (non-hydrogen) atoms. The van der Waals surface area contributed by atoms with Crippen molar-refractivity contribution in [1.82, 2.24) is 0 Å². The first-order chi connectivity index (χ1) is 19.6. The monoisotopic (exact) mass is 550 g/mol. The molecule has 0 radical (unpaired) electrons. The highest BCUT2D eigenvalue weighted by atomic mass is 16.5. The summed E-state index contributed by atoms with van der Waals surface area (Å²) in [6.07, 6.45) is 4.88. The first-order valence-electron chi connectivity index (χ1n) is 14.7. The second kappa shape index (κ2) is 9.97. The summed E-state index contributed by atoms with van der Waals surface area (Å²) in [5.74, 6) is -0.807. The number of rotatable bonds is 6. The number of Topliss-reactive ketones (excluding diaryl/α,β-unsaturated/α-hetero) is 1. The van der Waals surface area contributed by atoms with Crippen molar-refractivity contribution in [3.05, 3.63) is 108 Å². The van der Waals surface area contributed by atoms with Gasteiger partial charge >= 0.3 is 11.9 Å². The molecule has 5 saturated carbocycles. The zero-order valence-corrected chi connectivity index (χ0v) is 23.8. The Bertz CT molecular complexity index is 1440. The molecule has 6 atom stereocenters. The van der Waals surface area contributed by atoms with Gasteiger partial charge in [0.05, 0.1) is 29.8 Å². The number of hydrogen-bond donors (Lipinski definition) is 0. The molecule has 5 aliphatic rings. The lowest BCUT2D eigenvalue weighted by Gasteiger charge is -2.68. The van der Waals surface area contributed by atoms with E-state index in [1.807, 2.05) is 36.4 Å². The van der Waals surface area contributed by atoms with Gasteiger partial charge in [0.25, 0.3) is 0 Å². The second-order valence-corrected chi connectivity index (χ2v) is 12.9. The van der Waals surface area contributed by atoms with Gasteiger partial charge < -0.3 is 9.47 Å². The SMILES string of the molecule is C=C1C(=O)[C@@]23CC[C@@H](CC2[C@]2(COC(=O)c4ccccc4)CCC[C@@](C)(COC(=O)c4ccccc4)C12)C(=C)C3=C. The minimum atomic E-state index is -0.766. The smallest absolute Gasteiger partial charge is 0.338 e. The maximum absolute atomic E-state index is 14.5. The maximum atomic E-state index is 14.5. The Morgan fingerprint density at radius 2 is 1.41 bits per heavy atom. The van der Waals surface area contributed by atoms with Crippen molar-refractivity contribution >= 4 is 17.7 Å². The van der Waals surface area contributed by atoms with Crippen LogP contribution < -0.4 is 0 Å². The highest BCUT2D eigenvalue weighted by molar-refractivity contribution is 6.04. The molecule has 5 nitrogen and oxygen atoms in total. The summed E-state index contributed by atoms with van der Waals surface area (Å²) < 4.78 is 12.1. The lowest BCUT2D eigenvalue weighted by atomic mass is 9.34. The van der Waals surface area contributed by atoms with Crippen LogP contribution in [0.5, 0.6) is 0 Å². The molecule has 212 valence electrons. The standard InChI is InChI=1S/C36H38O5/c1-23-25(3)36-19-16-28(23)20-29(36)35(22-41-33(39)27-14-9-6-10-15-27)18-11-17-34(4,30(35)24(2)31(36)37)21-40-32(38)26-12-7-5-8-13-26/h5-10,12-15,28-30H,1-3,11,16-22H2,4H3/t28-,29?,30?,34-,35+,36+/m0/s1. The molecule has 1 spiro atoms. The predicted molar refractivity (Wildman–Crippen MR) is 157 cm³/mol. The lowest BCUT2D eigenvalue weighted by molar-refractivity contribution is -0.176. The number of ketones is 1. The molecule has 0 aliphatic heterocycles. The van der Waals surface area contributed by atoms with Crippen LogP contribution in [0.4, 0.5) is 0 Å². The number of fused-ring (bicyclic) bond motifs is 3. The molecular formula is C36H38O5. The van der Waals surface area contributed by atoms with Crippen molar-refractivity contribution in [2.24, 2.45) is 34.0 Å². The molecule has 2 aromatic carbocycles. The topological polar surface area (TPSA) is 69.7 Å². The number of carbonyl (C=O) groups excluding carboxylic acids is 3. The van der Waals surface area contributed by atoms with Crippen LogP contribution in [-0.4, -0.2) is 30.9 Å². The summed E-state index contributed by atoms with van der Waals surface area (Å²) in [6, 6.07) is 18.0. The van der Waals surface area contributed by atoms with Crippen molar-refractivity contribution in [3.8, 4) is 0 Å². The number of hydrogen-bond acceptors (Lipinski definition) is 5. The number of esters is 2. The average molecular weight is 551 g/mol. The molecule has 0 N–H and O–H groups in total. The average Bonchev–Trinajstić information content (AvgIpc) is 3.00. The van der Waals surface area contributed by atoms with Crippen molar-refractivity contribution < 1.29 is 23.9 Å². The molecule has 5 aliphatic carbocycles. The summed E-state index contributed by atoms with van der Waals surface area (Å²) >= 11 is 0. The fourth-order valence-corrected chi connectivity index (χ4v) is 9.05. The minimum Gasteiger partial charge on any atom is -0.461 e. The molecule has 5 fully saturated rings. The lowest BCUT2D eigenvalue weighted by Crippen LogP contribution is -2.67. The molecule has 2 unspecified atom stereocenters. The van der Waals surface area contributed by atoms with Gasteiger partial charge in [0.2, 0.25) is 0 Å². The summed E-state index contributed by atoms with van der Waals surface area (Å²) in [4.78, 5) is 40.7. The van der Waals surface area contributed by atoms with Gasteiger partial charge in [-0.2, -0.15) is 0 Å². The van der Waals surface area contributed by atoms with Crippen LogP contribution >= 0.6 is 0 Å². The molecule has 2 aromatic rings. The minimum absolute atomic E-state index is 0.0457. The van der Waals surface area contributed by atoms with E-state index >= 15 is 0 Å². The van der Waals surface area contributed by atoms with Gasteiger partial charge in [-0.25, -0.2) is 9.59 Å². The van der Waals surface area contributed by atoms with Crippen LogP contribution in [0.1, 0.15) is 66.2 Å². The fourth-order valence-electron chi connectivity index (χ4n) is 9.05. The van der Waals surface area contributed by atoms with Crippen LogP contribution in [0.15, 0.2) is 97.1 Å². The predicted octanol–water partition coefficient (Wildman–Crippen LogP) is 7.16. The maximum Gasteiger partial charge on any atom is 0.338 e. The molecule has 0 aromatic heterocycles. The summed E-state index contributed by atoms with van der Waals surface area (Å²) in [6.45, 7) is 15.7. The number of benzene rings is 2. The highest BCUT2D eigenvalue weighted by Gasteiger charge is 2.71.